The van der Waals surface area contributed by atoms with Crippen LogP contribution in [0, 0.1) is 0 Å². The average molecular weight is 260 g/mol. The van der Waals surface area contributed by atoms with Gasteiger partial charge in [-0.05, 0) is 36.0 Å². The summed E-state index contributed by atoms with van der Waals surface area (Å²) < 4.78 is -0.390. The lowest BCUT2D eigenvalue weighted by molar-refractivity contribution is -0.117. The monoisotopic (exact) mass is 259 g/mol. The van der Waals surface area contributed by atoms with E-state index in [1.54, 1.807) is 12.1 Å². The first-order valence-electron chi connectivity index (χ1n) is 4.09. The van der Waals surface area contributed by atoms with E-state index in [4.69, 9.17) is 11.6 Å². The maximum absolute atomic E-state index is 11.3. The van der Waals surface area contributed by atoms with Crippen LogP contribution in [0.1, 0.15) is 0 Å². The summed E-state index contributed by atoms with van der Waals surface area (Å²) in [6.45, 7) is 0. The Morgan fingerprint density at radius 1 is 1.27 bits per heavy atom. The summed E-state index contributed by atoms with van der Waals surface area (Å²) in [6.07, 6.45) is 0. The minimum Gasteiger partial charge on any atom is -0.285 e. The van der Waals surface area contributed by atoms with Crippen molar-refractivity contribution in [2.24, 2.45) is 0 Å². The molecule has 0 spiro atoms. The third kappa shape index (κ3) is 2.68. The second kappa shape index (κ2) is 4.47. The van der Waals surface area contributed by atoms with Gasteiger partial charge in [0.25, 0.3) is 11.1 Å². The van der Waals surface area contributed by atoms with Crippen LogP contribution in [0.2, 0.25) is 5.02 Å². The highest BCUT2D eigenvalue weighted by Gasteiger charge is 2.32. The molecule has 1 N–H and O–H groups in total. The van der Waals surface area contributed by atoms with Gasteiger partial charge in [-0.25, -0.2) is 0 Å². The van der Waals surface area contributed by atoms with Crippen LogP contribution >= 0.6 is 35.1 Å². The van der Waals surface area contributed by atoms with Crippen molar-refractivity contribution in [2.45, 2.75) is 9.48 Å². The van der Waals surface area contributed by atoms with Gasteiger partial charge in [-0.15, -0.1) is 11.8 Å². The fraction of sp³-hybridized carbons (Fsp3) is 0.111. The molecule has 78 valence electrons. The molecule has 1 aliphatic heterocycles. The molecule has 15 heavy (non-hydrogen) atoms. The third-order valence-electron chi connectivity index (χ3n) is 1.71. The molecular formula is C9H6ClNO2S2. The lowest BCUT2D eigenvalue weighted by atomic mass is 10.4. The molecule has 0 aliphatic carbocycles. The molecule has 1 atom stereocenters. The normalized spacial score (nSPS) is 20.5. The summed E-state index contributed by atoms with van der Waals surface area (Å²) in [7, 11) is 0. The number of imide groups is 1. The summed E-state index contributed by atoms with van der Waals surface area (Å²) in [6, 6.07) is 7.15. The number of nitrogens with one attached hydrogen (secondary N) is 1. The van der Waals surface area contributed by atoms with E-state index in [-0.39, 0.29) is 11.1 Å². The number of benzene rings is 1. The van der Waals surface area contributed by atoms with Crippen LogP contribution in [0.25, 0.3) is 0 Å². The topological polar surface area (TPSA) is 46.2 Å². The first-order valence-corrected chi connectivity index (χ1v) is 6.22. The number of carbonyl (C=O) groups is 2. The Morgan fingerprint density at radius 2 is 1.93 bits per heavy atom. The van der Waals surface area contributed by atoms with E-state index >= 15 is 0 Å². The molecule has 0 saturated carbocycles. The highest BCUT2D eigenvalue weighted by Crippen LogP contribution is 2.34. The number of rotatable bonds is 2. The molecule has 2 amide bonds. The predicted molar refractivity (Wildman–Crippen MR) is 62.2 cm³/mol. The van der Waals surface area contributed by atoms with Gasteiger partial charge in [0.2, 0.25) is 0 Å². The number of halogens is 1. The highest BCUT2D eigenvalue weighted by atomic mass is 35.5. The number of thioether (sulfide) groups is 2. The summed E-state index contributed by atoms with van der Waals surface area (Å²) in [5.41, 5.74) is 0. The van der Waals surface area contributed by atoms with Gasteiger partial charge in [0, 0.05) is 9.92 Å². The van der Waals surface area contributed by atoms with Gasteiger partial charge in [-0.2, -0.15) is 0 Å². The minimum absolute atomic E-state index is 0.245. The van der Waals surface area contributed by atoms with Gasteiger partial charge < -0.3 is 0 Å². The maximum Gasteiger partial charge on any atom is 0.287 e. The van der Waals surface area contributed by atoms with E-state index in [9.17, 15) is 9.59 Å². The van der Waals surface area contributed by atoms with Crippen molar-refractivity contribution in [3.63, 3.8) is 0 Å². The Kier molecular flexibility index (Phi) is 3.23. The molecule has 0 bridgehead atoms. The fourth-order valence-corrected chi connectivity index (χ4v) is 3.19. The van der Waals surface area contributed by atoms with Gasteiger partial charge in [0.05, 0.1) is 0 Å². The molecular weight excluding hydrogens is 254 g/mol. The van der Waals surface area contributed by atoms with Crippen molar-refractivity contribution in [2.75, 3.05) is 0 Å². The van der Waals surface area contributed by atoms with Gasteiger partial charge in [0.1, 0.15) is 4.58 Å². The lowest BCUT2D eigenvalue weighted by Crippen LogP contribution is -2.22. The van der Waals surface area contributed by atoms with Gasteiger partial charge in [-0.3, -0.25) is 14.9 Å². The zero-order valence-corrected chi connectivity index (χ0v) is 9.79. The van der Waals surface area contributed by atoms with Crippen LogP contribution in [0.15, 0.2) is 29.2 Å². The molecule has 1 fully saturated rings. The smallest absolute Gasteiger partial charge is 0.285 e. The molecule has 0 unspecified atom stereocenters. The van der Waals surface area contributed by atoms with Crippen LogP contribution in [-0.4, -0.2) is 15.7 Å². The van der Waals surface area contributed by atoms with Gasteiger partial charge in [0.15, 0.2) is 0 Å². The Balaban J connectivity index is 2.06. The molecule has 1 aromatic carbocycles. The van der Waals surface area contributed by atoms with Crippen LogP contribution in [-0.2, 0) is 4.79 Å². The third-order valence-corrected chi connectivity index (χ3v) is 4.26. The van der Waals surface area contributed by atoms with Crippen molar-refractivity contribution in [3.8, 4) is 0 Å². The van der Waals surface area contributed by atoms with Crippen LogP contribution in [0.3, 0.4) is 0 Å². The lowest BCUT2D eigenvalue weighted by Gasteiger charge is -2.04. The second-order valence-electron chi connectivity index (χ2n) is 2.80. The van der Waals surface area contributed by atoms with Crippen LogP contribution < -0.4 is 5.32 Å². The Hall–Kier alpha value is -0.650. The van der Waals surface area contributed by atoms with Crippen molar-refractivity contribution in [1.82, 2.24) is 5.32 Å². The second-order valence-corrected chi connectivity index (χ2v) is 5.79. The molecule has 3 nitrogen and oxygen atoms in total. The van der Waals surface area contributed by atoms with E-state index in [0.29, 0.717) is 5.02 Å². The quantitative estimate of drug-likeness (QED) is 0.887. The van der Waals surface area contributed by atoms with Crippen LogP contribution in [0.5, 0.6) is 0 Å². The number of amides is 2. The predicted octanol–water partition coefficient (Wildman–Crippen LogP) is 2.74. The number of hydrogen-bond donors (Lipinski definition) is 1. The van der Waals surface area contributed by atoms with E-state index in [1.165, 1.54) is 11.8 Å². The van der Waals surface area contributed by atoms with Crippen molar-refractivity contribution < 1.29 is 9.59 Å². The molecule has 1 heterocycles. The van der Waals surface area contributed by atoms with Crippen molar-refractivity contribution >= 4 is 46.3 Å². The summed E-state index contributed by atoms with van der Waals surface area (Å²) in [4.78, 5) is 23.1. The summed E-state index contributed by atoms with van der Waals surface area (Å²) in [5, 5.41) is 2.60. The molecule has 2 rings (SSSR count). The van der Waals surface area contributed by atoms with Crippen LogP contribution in [0.4, 0.5) is 4.79 Å². The summed E-state index contributed by atoms with van der Waals surface area (Å²) in [5.74, 6) is -0.245. The first-order chi connectivity index (χ1) is 7.15. The van der Waals surface area contributed by atoms with Gasteiger partial charge in [-0.1, -0.05) is 11.6 Å². The van der Waals surface area contributed by atoms with Gasteiger partial charge >= 0.3 is 0 Å². The van der Waals surface area contributed by atoms with E-state index < -0.39 is 4.58 Å². The Morgan fingerprint density at radius 3 is 2.47 bits per heavy atom. The molecule has 1 aliphatic rings. The van der Waals surface area contributed by atoms with Crippen molar-refractivity contribution in [1.29, 1.82) is 0 Å². The summed E-state index contributed by atoms with van der Waals surface area (Å²) >= 11 is 8.08. The Labute approximate surface area is 99.9 Å². The molecule has 6 heteroatoms. The number of carbonyl (C=O) groups excluding carboxylic acids is 2. The molecule has 0 radical (unpaired) electrons. The molecule has 1 saturated heterocycles. The van der Waals surface area contributed by atoms with Crippen molar-refractivity contribution in [3.05, 3.63) is 29.3 Å². The maximum atomic E-state index is 11.3. The Bertz CT molecular complexity index is 407. The average Bonchev–Trinajstić information content (AvgIpc) is 2.49. The SMILES string of the molecule is O=C1NC(=O)[C@@H](Sc2ccc(Cl)cc2)S1. The standard InChI is InChI=1S/C9H6ClNO2S2/c10-5-1-3-6(4-2-5)14-8-7(12)11-9(13)15-8/h1-4,8H,(H,11,12,13)/t8-/m0/s1. The first kappa shape index (κ1) is 10.9. The van der Waals surface area contributed by atoms with E-state index in [2.05, 4.69) is 5.32 Å². The molecule has 1 aromatic rings. The number of hydrogen-bond acceptors (Lipinski definition) is 4. The fourth-order valence-electron chi connectivity index (χ4n) is 1.05. The largest absolute Gasteiger partial charge is 0.287 e. The zero-order chi connectivity index (χ0) is 10.8. The zero-order valence-electron chi connectivity index (χ0n) is 7.40. The highest BCUT2D eigenvalue weighted by molar-refractivity contribution is 8.26. The van der Waals surface area contributed by atoms with E-state index in [1.807, 2.05) is 12.1 Å². The molecule has 0 aromatic heterocycles. The minimum atomic E-state index is -0.390. The van der Waals surface area contributed by atoms with E-state index in [0.717, 1.165) is 16.7 Å².